The molecule has 0 amide bonds. The summed E-state index contributed by atoms with van der Waals surface area (Å²) in [4.78, 5) is -0.0750. The number of benzene rings is 1. The molecule has 0 spiro atoms. The zero-order valence-corrected chi connectivity index (χ0v) is 20.8. The van der Waals surface area contributed by atoms with Gasteiger partial charge in [-0.25, -0.2) is 0 Å². The minimum absolute atomic E-state index is 0.0750. The van der Waals surface area contributed by atoms with Crippen molar-refractivity contribution in [1.29, 1.82) is 0 Å². The molecular weight excluding hydrogens is 452 g/mol. The summed E-state index contributed by atoms with van der Waals surface area (Å²) in [6.07, 6.45) is 2.60. The molecule has 10 heteroatoms. The highest BCUT2D eigenvalue weighted by atomic mass is 32.2. The molecule has 0 saturated heterocycles. The van der Waals surface area contributed by atoms with Crippen LogP contribution in [0, 0.1) is 6.92 Å². The Morgan fingerprint density at radius 3 is 1.55 bits per heavy atom. The predicted molar refractivity (Wildman–Crippen MR) is 125 cm³/mol. The van der Waals surface area contributed by atoms with Crippen LogP contribution in [-0.2, 0) is 45.0 Å². The normalized spacial score (nSPS) is 11.8. The van der Waals surface area contributed by atoms with Crippen molar-refractivity contribution in [2.45, 2.75) is 38.0 Å². The Bertz CT molecular complexity index is 710. The Labute approximate surface area is 198 Å². The van der Waals surface area contributed by atoms with Gasteiger partial charge in [-0.05, 0) is 31.4 Å². The molecule has 0 atom stereocenters. The van der Waals surface area contributed by atoms with E-state index in [-0.39, 0.29) is 4.90 Å². The van der Waals surface area contributed by atoms with Gasteiger partial charge in [-0.1, -0.05) is 31.0 Å². The molecule has 0 unspecified atom stereocenters. The topological polar surface area (TPSA) is 110 Å². The van der Waals surface area contributed by atoms with E-state index < -0.39 is 10.1 Å². The summed E-state index contributed by atoms with van der Waals surface area (Å²) in [5.41, 5.74) is 1.46. The molecule has 0 aliphatic rings. The Morgan fingerprint density at radius 1 is 0.697 bits per heavy atom. The fourth-order valence-corrected chi connectivity index (χ4v) is 3.52. The first-order valence-corrected chi connectivity index (χ1v) is 12.9. The SMILES string of the molecule is CCCCOCCOCCOCCOCCOCCOCCc1cc(C)ccc1S(=O)(=O)O. The quantitative estimate of drug-likeness (QED) is 0.193. The van der Waals surface area contributed by atoms with E-state index in [9.17, 15) is 13.0 Å². The van der Waals surface area contributed by atoms with Crippen LogP contribution >= 0.6 is 0 Å². The molecule has 0 heterocycles. The van der Waals surface area contributed by atoms with Crippen LogP contribution in [-0.4, -0.2) is 92.3 Å². The molecule has 0 radical (unpaired) electrons. The number of unbranched alkanes of at least 4 members (excludes halogenated alkanes) is 1. The van der Waals surface area contributed by atoms with Crippen molar-refractivity contribution < 1.29 is 41.4 Å². The first kappa shape index (κ1) is 29.9. The maximum atomic E-state index is 11.4. The average Bonchev–Trinajstić information content (AvgIpc) is 2.77. The van der Waals surface area contributed by atoms with E-state index in [1.807, 2.05) is 6.92 Å². The van der Waals surface area contributed by atoms with E-state index in [0.717, 1.165) is 25.0 Å². The molecule has 9 nitrogen and oxygen atoms in total. The van der Waals surface area contributed by atoms with Gasteiger partial charge < -0.3 is 28.4 Å². The number of hydrogen-bond acceptors (Lipinski definition) is 8. The van der Waals surface area contributed by atoms with E-state index in [1.54, 1.807) is 12.1 Å². The van der Waals surface area contributed by atoms with Crippen LogP contribution < -0.4 is 0 Å². The van der Waals surface area contributed by atoms with Crippen molar-refractivity contribution in [1.82, 2.24) is 0 Å². The van der Waals surface area contributed by atoms with Crippen LogP contribution in [0.15, 0.2) is 23.1 Å². The summed E-state index contributed by atoms with van der Waals surface area (Å²) in [5.74, 6) is 0. The summed E-state index contributed by atoms with van der Waals surface area (Å²) in [7, 11) is -4.24. The lowest BCUT2D eigenvalue weighted by Gasteiger charge is -2.10. The van der Waals surface area contributed by atoms with Crippen molar-refractivity contribution in [2.75, 3.05) is 79.3 Å². The van der Waals surface area contributed by atoms with E-state index in [4.69, 9.17) is 28.4 Å². The standard InChI is InChI=1S/C23H40O9S/c1-3-4-8-27-10-12-29-14-16-31-18-19-32-17-15-30-13-11-28-9-7-22-20-21(2)5-6-23(22)33(24,25)26/h5-6,20H,3-4,7-19H2,1-2H3,(H,24,25,26). The summed E-state index contributed by atoms with van der Waals surface area (Å²) in [5, 5.41) is 0. The summed E-state index contributed by atoms with van der Waals surface area (Å²) >= 11 is 0. The minimum Gasteiger partial charge on any atom is -0.379 e. The predicted octanol–water partition coefficient (Wildman–Crippen LogP) is 2.68. The molecule has 0 aliphatic heterocycles. The molecule has 0 fully saturated rings. The molecule has 1 aromatic rings. The lowest BCUT2D eigenvalue weighted by Crippen LogP contribution is -2.14. The van der Waals surface area contributed by atoms with E-state index in [2.05, 4.69) is 6.92 Å². The van der Waals surface area contributed by atoms with Crippen molar-refractivity contribution in [3.05, 3.63) is 29.3 Å². The van der Waals surface area contributed by atoms with Crippen molar-refractivity contribution in [3.63, 3.8) is 0 Å². The molecular formula is C23H40O9S. The minimum atomic E-state index is -4.24. The number of aryl methyl sites for hydroxylation is 1. The van der Waals surface area contributed by atoms with Crippen LogP contribution in [0.25, 0.3) is 0 Å². The second kappa shape index (κ2) is 19.2. The smallest absolute Gasteiger partial charge is 0.294 e. The molecule has 0 aromatic heterocycles. The van der Waals surface area contributed by atoms with E-state index >= 15 is 0 Å². The first-order valence-electron chi connectivity index (χ1n) is 11.5. The Morgan fingerprint density at radius 2 is 1.12 bits per heavy atom. The summed E-state index contributed by atoms with van der Waals surface area (Å²) in [6.45, 7) is 10.1. The van der Waals surface area contributed by atoms with E-state index in [0.29, 0.717) is 84.7 Å². The summed E-state index contributed by atoms with van der Waals surface area (Å²) in [6, 6.07) is 4.80. The largest absolute Gasteiger partial charge is 0.379 e. The van der Waals surface area contributed by atoms with Gasteiger partial charge in [0.05, 0.1) is 77.6 Å². The van der Waals surface area contributed by atoms with Gasteiger partial charge in [0.25, 0.3) is 10.1 Å². The van der Waals surface area contributed by atoms with Crippen LogP contribution in [0.3, 0.4) is 0 Å². The van der Waals surface area contributed by atoms with Gasteiger partial charge in [0.1, 0.15) is 0 Å². The zero-order valence-electron chi connectivity index (χ0n) is 20.0. The summed E-state index contributed by atoms with van der Waals surface area (Å²) < 4.78 is 64.8. The molecule has 1 N–H and O–H groups in total. The van der Waals surface area contributed by atoms with Gasteiger partial charge in [-0.2, -0.15) is 8.42 Å². The lowest BCUT2D eigenvalue weighted by atomic mass is 10.1. The maximum absolute atomic E-state index is 11.4. The van der Waals surface area contributed by atoms with Gasteiger partial charge >= 0.3 is 0 Å². The maximum Gasteiger partial charge on any atom is 0.294 e. The van der Waals surface area contributed by atoms with Gasteiger partial charge in [0.2, 0.25) is 0 Å². The number of hydrogen-bond donors (Lipinski definition) is 1. The van der Waals surface area contributed by atoms with Crippen molar-refractivity contribution in [2.24, 2.45) is 0 Å². The fraction of sp³-hybridized carbons (Fsp3) is 0.739. The molecule has 1 aromatic carbocycles. The molecule has 0 saturated carbocycles. The van der Waals surface area contributed by atoms with Crippen LogP contribution in [0.2, 0.25) is 0 Å². The molecule has 1 rings (SSSR count). The molecule has 0 aliphatic carbocycles. The second-order valence-corrected chi connectivity index (χ2v) is 8.75. The molecule has 33 heavy (non-hydrogen) atoms. The number of rotatable bonds is 22. The third-order valence-corrected chi connectivity index (χ3v) is 5.47. The van der Waals surface area contributed by atoms with Crippen LogP contribution in [0.4, 0.5) is 0 Å². The Balaban J connectivity index is 1.88. The molecule has 0 bridgehead atoms. The van der Waals surface area contributed by atoms with E-state index in [1.165, 1.54) is 6.07 Å². The van der Waals surface area contributed by atoms with Crippen LogP contribution in [0.1, 0.15) is 30.9 Å². The van der Waals surface area contributed by atoms with Crippen molar-refractivity contribution >= 4 is 10.1 Å². The first-order chi connectivity index (χ1) is 15.9. The zero-order chi connectivity index (χ0) is 24.2. The highest BCUT2D eigenvalue weighted by Crippen LogP contribution is 2.17. The highest BCUT2D eigenvalue weighted by Gasteiger charge is 2.15. The van der Waals surface area contributed by atoms with Crippen molar-refractivity contribution in [3.8, 4) is 0 Å². The molecule has 192 valence electrons. The third-order valence-electron chi connectivity index (χ3n) is 4.51. The second-order valence-electron chi connectivity index (χ2n) is 7.36. The van der Waals surface area contributed by atoms with Gasteiger partial charge in [0, 0.05) is 6.61 Å². The number of ether oxygens (including phenoxy) is 6. The lowest BCUT2D eigenvalue weighted by molar-refractivity contribution is -0.0167. The highest BCUT2D eigenvalue weighted by molar-refractivity contribution is 7.85. The van der Waals surface area contributed by atoms with Gasteiger partial charge in [0.15, 0.2) is 0 Å². The Kier molecular flexibility index (Phi) is 17.4. The fourth-order valence-electron chi connectivity index (χ4n) is 2.79. The monoisotopic (exact) mass is 492 g/mol. The van der Waals surface area contributed by atoms with Crippen LogP contribution in [0.5, 0.6) is 0 Å². The third kappa shape index (κ3) is 16.2. The Hall–Kier alpha value is -1.11. The average molecular weight is 493 g/mol. The van der Waals surface area contributed by atoms with Gasteiger partial charge in [-0.15, -0.1) is 0 Å². The van der Waals surface area contributed by atoms with Gasteiger partial charge in [-0.3, -0.25) is 4.55 Å².